The molecule has 3 aromatic carbocycles. The van der Waals surface area contributed by atoms with Crippen LogP contribution < -0.4 is 9.46 Å². The topological polar surface area (TPSA) is 128 Å². The lowest BCUT2D eigenvalue weighted by Gasteiger charge is -2.14. The van der Waals surface area contributed by atoms with Crippen molar-refractivity contribution < 1.29 is 21.6 Å². The van der Waals surface area contributed by atoms with Gasteiger partial charge in [0.2, 0.25) is 5.88 Å². The lowest BCUT2D eigenvalue weighted by atomic mass is 10.1. The predicted octanol–water partition coefficient (Wildman–Crippen LogP) is 5.11. The van der Waals surface area contributed by atoms with E-state index in [2.05, 4.69) is 19.7 Å². The fourth-order valence-electron chi connectivity index (χ4n) is 3.62. The number of sulfonamides is 1. The predicted molar refractivity (Wildman–Crippen MR) is 143 cm³/mol. The molecule has 188 valence electrons. The zero-order chi connectivity index (χ0) is 26.0. The van der Waals surface area contributed by atoms with E-state index in [-0.39, 0.29) is 27.4 Å². The molecule has 0 unspecified atom stereocenters. The van der Waals surface area contributed by atoms with Gasteiger partial charge < -0.3 is 4.74 Å². The normalized spacial score (nSPS) is 11.6. The Hall–Kier alpha value is -3.58. The van der Waals surface area contributed by atoms with Crippen molar-refractivity contribution in [2.24, 2.45) is 0 Å². The average Bonchev–Trinajstić information content (AvgIpc) is 3.32. The molecule has 2 heterocycles. The summed E-state index contributed by atoms with van der Waals surface area (Å²) >= 11 is 7.40. The quantitative estimate of drug-likeness (QED) is 0.245. The standard InChI is InChI=1S/C24H17ClN4O5S3/c25-17-7-1-2-10-21(17)37(32,33)29-18-8-3-6-16-15(18)5-4-9-20(16)34-24-23(35-14-27-24)19-11-12-26-22(28-19)13-36(30)31/h1-12,14,29,36H,13H2. The van der Waals surface area contributed by atoms with Gasteiger partial charge in [0.25, 0.3) is 10.0 Å². The van der Waals surface area contributed by atoms with Gasteiger partial charge in [-0.1, -0.05) is 48.0 Å². The summed E-state index contributed by atoms with van der Waals surface area (Å²) in [4.78, 5) is 13.2. The molecule has 0 bridgehead atoms. The molecule has 1 N–H and O–H groups in total. The largest absolute Gasteiger partial charge is 0.437 e. The van der Waals surface area contributed by atoms with Gasteiger partial charge in [0, 0.05) is 17.0 Å². The van der Waals surface area contributed by atoms with Gasteiger partial charge in [0.15, 0.2) is 0 Å². The highest BCUT2D eigenvalue weighted by molar-refractivity contribution is 7.92. The molecular weight excluding hydrogens is 556 g/mol. The molecule has 0 fully saturated rings. The molecule has 0 amide bonds. The first kappa shape index (κ1) is 25.1. The number of thiol groups is 1. The van der Waals surface area contributed by atoms with Crippen LogP contribution >= 0.6 is 22.9 Å². The lowest BCUT2D eigenvalue weighted by Crippen LogP contribution is -2.13. The Labute approximate surface area is 222 Å². The van der Waals surface area contributed by atoms with Crippen molar-refractivity contribution in [3.8, 4) is 22.2 Å². The van der Waals surface area contributed by atoms with Gasteiger partial charge in [0.05, 0.1) is 21.9 Å². The highest BCUT2D eigenvalue weighted by atomic mass is 35.5. The third kappa shape index (κ3) is 5.42. The van der Waals surface area contributed by atoms with Crippen LogP contribution in [-0.2, 0) is 26.5 Å². The maximum absolute atomic E-state index is 13.0. The van der Waals surface area contributed by atoms with E-state index in [0.29, 0.717) is 32.8 Å². The molecule has 0 atom stereocenters. The van der Waals surface area contributed by atoms with Gasteiger partial charge in [-0.2, -0.15) is 0 Å². The minimum atomic E-state index is -3.94. The van der Waals surface area contributed by atoms with Crippen LogP contribution in [0.3, 0.4) is 0 Å². The second-order valence-electron chi connectivity index (χ2n) is 7.63. The SMILES string of the molecule is O=[SH](=O)Cc1nccc(-c2scnc2Oc2cccc3c(NS(=O)(=O)c4ccccc4Cl)cccc23)n1. The first-order valence-electron chi connectivity index (χ1n) is 10.7. The Bertz CT molecular complexity index is 1800. The number of thiazole rings is 1. The minimum absolute atomic E-state index is 0.0288. The summed E-state index contributed by atoms with van der Waals surface area (Å²) in [6, 6.07) is 18.3. The van der Waals surface area contributed by atoms with E-state index in [4.69, 9.17) is 16.3 Å². The van der Waals surface area contributed by atoms with Gasteiger partial charge in [-0.25, -0.2) is 31.8 Å². The fourth-order valence-corrected chi connectivity index (χ4v) is 6.29. The molecular formula is C24H17ClN4O5S3. The first-order valence-corrected chi connectivity index (χ1v) is 14.8. The molecule has 0 spiro atoms. The van der Waals surface area contributed by atoms with Crippen molar-refractivity contribution in [1.82, 2.24) is 15.0 Å². The molecule has 0 saturated carbocycles. The van der Waals surface area contributed by atoms with Crippen LogP contribution in [0.1, 0.15) is 5.82 Å². The number of halogens is 1. The third-order valence-electron chi connectivity index (χ3n) is 5.20. The maximum atomic E-state index is 13.0. The minimum Gasteiger partial charge on any atom is -0.437 e. The summed E-state index contributed by atoms with van der Waals surface area (Å²) in [7, 11) is -6.61. The second kappa shape index (κ2) is 10.4. The molecule has 0 aliphatic heterocycles. The number of anilines is 1. The summed E-state index contributed by atoms with van der Waals surface area (Å²) in [6.07, 6.45) is 1.48. The zero-order valence-corrected chi connectivity index (χ0v) is 22.0. The van der Waals surface area contributed by atoms with E-state index in [0.717, 1.165) is 0 Å². The molecule has 0 radical (unpaired) electrons. The van der Waals surface area contributed by atoms with Gasteiger partial charge in [-0.3, -0.25) is 4.72 Å². The lowest BCUT2D eigenvalue weighted by molar-refractivity contribution is 0.473. The maximum Gasteiger partial charge on any atom is 0.263 e. The number of rotatable bonds is 8. The van der Waals surface area contributed by atoms with Crippen molar-refractivity contribution in [1.29, 1.82) is 0 Å². The van der Waals surface area contributed by atoms with E-state index < -0.39 is 20.7 Å². The van der Waals surface area contributed by atoms with E-state index in [1.165, 1.54) is 29.7 Å². The van der Waals surface area contributed by atoms with Crippen LogP contribution in [-0.4, -0.2) is 31.8 Å². The van der Waals surface area contributed by atoms with Crippen molar-refractivity contribution in [3.63, 3.8) is 0 Å². The number of benzene rings is 3. The van der Waals surface area contributed by atoms with Gasteiger partial charge >= 0.3 is 0 Å². The van der Waals surface area contributed by atoms with Crippen LogP contribution in [0.2, 0.25) is 5.02 Å². The van der Waals surface area contributed by atoms with Gasteiger partial charge in [0.1, 0.15) is 37.8 Å². The van der Waals surface area contributed by atoms with E-state index in [1.807, 2.05) is 0 Å². The summed E-state index contributed by atoms with van der Waals surface area (Å²) < 4.78 is 57.0. The first-order chi connectivity index (χ1) is 17.8. The van der Waals surface area contributed by atoms with E-state index in [1.54, 1.807) is 60.1 Å². The zero-order valence-electron chi connectivity index (χ0n) is 18.7. The van der Waals surface area contributed by atoms with E-state index >= 15 is 0 Å². The number of hydrogen-bond donors (Lipinski definition) is 2. The van der Waals surface area contributed by atoms with Crippen molar-refractivity contribution in [3.05, 3.63) is 89.3 Å². The highest BCUT2D eigenvalue weighted by Gasteiger charge is 2.20. The molecule has 9 nitrogen and oxygen atoms in total. The smallest absolute Gasteiger partial charge is 0.263 e. The van der Waals surface area contributed by atoms with Crippen LogP contribution in [0.25, 0.3) is 21.3 Å². The van der Waals surface area contributed by atoms with Crippen LogP contribution in [0, 0.1) is 0 Å². The Kier molecular flexibility index (Phi) is 7.07. The van der Waals surface area contributed by atoms with Crippen molar-refractivity contribution >= 4 is 60.1 Å². The van der Waals surface area contributed by atoms with E-state index in [9.17, 15) is 16.8 Å². The second-order valence-corrected chi connectivity index (χ2v) is 11.5. The Balaban J connectivity index is 1.50. The molecule has 5 aromatic rings. The van der Waals surface area contributed by atoms with Crippen LogP contribution in [0.15, 0.2) is 83.3 Å². The molecule has 37 heavy (non-hydrogen) atoms. The van der Waals surface area contributed by atoms with Gasteiger partial charge in [-0.15, -0.1) is 11.3 Å². The molecule has 0 aliphatic carbocycles. The van der Waals surface area contributed by atoms with Crippen molar-refractivity contribution in [2.75, 3.05) is 4.72 Å². The number of nitrogens with zero attached hydrogens (tertiary/aromatic N) is 3. The molecule has 13 heteroatoms. The number of nitrogens with one attached hydrogen (secondary N) is 1. The monoisotopic (exact) mass is 572 g/mol. The Morgan fingerprint density at radius 2 is 1.73 bits per heavy atom. The molecule has 0 saturated heterocycles. The molecule has 2 aromatic heterocycles. The molecule has 0 aliphatic rings. The summed E-state index contributed by atoms with van der Waals surface area (Å²) in [6.45, 7) is 0. The van der Waals surface area contributed by atoms with Crippen molar-refractivity contribution in [2.45, 2.75) is 10.6 Å². The average molecular weight is 573 g/mol. The Morgan fingerprint density at radius 1 is 0.946 bits per heavy atom. The number of hydrogen-bond acceptors (Lipinski definition) is 9. The van der Waals surface area contributed by atoms with Gasteiger partial charge in [-0.05, 0) is 30.3 Å². The highest BCUT2D eigenvalue weighted by Crippen LogP contribution is 2.39. The van der Waals surface area contributed by atoms with Crippen LogP contribution in [0.4, 0.5) is 5.69 Å². The Morgan fingerprint density at radius 3 is 2.54 bits per heavy atom. The molecule has 5 rings (SSSR count). The number of fused-ring (bicyclic) bond motifs is 1. The number of aromatic nitrogens is 3. The summed E-state index contributed by atoms with van der Waals surface area (Å²) in [5, 5.41) is 1.37. The summed E-state index contributed by atoms with van der Waals surface area (Å²) in [5.74, 6) is 0.624. The third-order valence-corrected chi connectivity index (χ3v) is 8.44. The van der Waals surface area contributed by atoms with Crippen LogP contribution in [0.5, 0.6) is 11.6 Å². The summed E-state index contributed by atoms with van der Waals surface area (Å²) in [5.41, 5.74) is 2.43. The fraction of sp³-hybridized carbons (Fsp3) is 0.0417. The number of ether oxygens (including phenoxy) is 1.